The summed E-state index contributed by atoms with van der Waals surface area (Å²) in [6.07, 6.45) is 0.234. The Kier molecular flexibility index (Phi) is 2.19. The monoisotopic (exact) mass is 147 g/mol. The van der Waals surface area contributed by atoms with Gasteiger partial charge in [-0.1, -0.05) is 34.8 Å². The molecule has 0 atom stereocenters. The molecule has 0 spiro atoms. The minimum Gasteiger partial charge on any atom is -1.00 e. The average molecular weight is 148 g/mol. The lowest BCUT2D eigenvalue weighted by molar-refractivity contribution is -0.107. The minimum atomic E-state index is -1.72. The first-order valence-corrected chi connectivity index (χ1v) is 2.23. The largest absolute Gasteiger partial charge is 1.00 e. The normalized spacial score (nSPS) is 11.2. The molecule has 0 fully saturated rings. The third-order valence-electron chi connectivity index (χ3n) is 0.134. The molecule has 0 N–H and O–H groups in total. The third kappa shape index (κ3) is 4.54. The van der Waals surface area contributed by atoms with Crippen LogP contribution in [0.15, 0.2) is 0 Å². The lowest BCUT2D eigenvalue weighted by atomic mass is 10.9. The van der Waals surface area contributed by atoms with Gasteiger partial charge in [-0.25, -0.2) is 0 Å². The highest BCUT2D eigenvalue weighted by molar-refractivity contribution is 6.74. The maximum Gasteiger partial charge on any atom is 0.245 e. The number of carbonyl (C=O) groups is 1. The molecule has 0 saturated carbocycles. The van der Waals surface area contributed by atoms with E-state index < -0.39 is 3.79 Å². The molecule has 0 aliphatic rings. The van der Waals surface area contributed by atoms with Crippen LogP contribution in [-0.2, 0) is 4.79 Å². The lowest BCUT2D eigenvalue weighted by Gasteiger charge is -1.93. The molecule has 0 radical (unpaired) electrons. The molecule has 0 rings (SSSR count). The van der Waals surface area contributed by atoms with E-state index in [1.807, 2.05) is 0 Å². The molecule has 0 aliphatic carbocycles. The Labute approximate surface area is 51.7 Å². The molecule has 1 nitrogen and oxygen atoms in total. The van der Waals surface area contributed by atoms with E-state index in [4.69, 9.17) is 34.8 Å². The van der Waals surface area contributed by atoms with E-state index in [-0.39, 0.29) is 7.71 Å². The van der Waals surface area contributed by atoms with Gasteiger partial charge in [0.05, 0.1) is 0 Å². The molecule has 0 bridgehead atoms. The van der Waals surface area contributed by atoms with Crippen LogP contribution in [0.2, 0.25) is 0 Å². The Morgan fingerprint density at radius 2 is 1.67 bits per heavy atom. The number of aldehydes is 1. The summed E-state index contributed by atoms with van der Waals surface area (Å²) in [6.45, 7) is 0. The Balaban J connectivity index is 0. The van der Waals surface area contributed by atoms with Crippen molar-refractivity contribution < 1.29 is 6.22 Å². The van der Waals surface area contributed by atoms with Crippen molar-refractivity contribution in [2.45, 2.75) is 3.79 Å². The molecule has 6 heavy (non-hydrogen) atoms. The molecule has 0 aromatic carbocycles. The van der Waals surface area contributed by atoms with Crippen LogP contribution in [0.1, 0.15) is 1.43 Å². The fraction of sp³-hybridized carbons (Fsp3) is 0.500. The number of halogens is 3. The first-order chi connectivity index (χ1) is 2.56. The standard InChI is InChI=1S/C2HCl3O.H/c3-2(4,5)1-6;/h1H;/q;-1. The maximum atomic E-state index is 9.43. The minimum absolute atomic E-state index is 0. The second-order valence-electron chi connectivity index (χ2n) is 0.659. The van der Waals surface area contributed by atoms with Gasteiger partial charge in [0.15, 0.2) is 6.29 Å². The van der Waals surface area contributed by atoms with Gasteiger partial charge < -0.3 is 1.43 Å². The molecular formula is C2H2Cl3O-. The summed E-state index contributed by atoms with van der Waals surface area (Å²) in [5.41, 5.74) is 0. The maximum absolute atomic E-state index is 9.43. The summed E-state index contributed by atoms with van der Waals surface area (Å²) in [5.74, 6) is 0. The summed E-state index contributed by atoms with van der Waals surface area (Å²) in [7, 11) is 0. The number of hydrogen-bond donors (Lipinski definition) is 0. The molecule has 0 aromatic rings. The van der Waals surface area contributed by atoms with Crippen molar-refractivity contribution in [3.63, 3.8) is 0 Å². The molecule has 0 unspecified atom stereocenters. The molecule has 38 valence electrons. The van der Waals surface area contributed by atoms with E-state index in [2.05, 4.69) is 0 Å². The van der Waals surface area contributed by atoms with Crippen LogP contribution < -0.4 is 0 Å². The van der Waals surface area contributed by atoms with Crippen molar-refractivity contribution in [3.8, 4) is 0 Å². The smallest absolute Gasteiger partial charge is 0.245 e. The van der Waals surface area contributed by atoms with Crippen LogP contribution in [0.4, 0.5) is 0 Å². The van der Waals surface area contributed by atoms with Gasteiger partial charge in [-0.05, 0) is 0 Å². The number of carbonyl (C=O) groups excluding carboxylic acids is 1. The summed E-state index contributed by atoms with van der Waals surface area (Å²) in [5, 5.41) is 0. The summed E-state index contributed by atoms with van der Waals surface area (Å²) < 4.78 is -1.72. The van der Waals surface area contributed by atoms with Crippen LogP contribution in [0.25, 0.3) is 0 Å². The molecule has 0 aliphatic heterocycles. The number of rotatable bonds is 0. The van der Waals surface area contributed by atoms with Crippen LogP contribution >= 0.6 is 34.8 Å². The van der Waals surface area contributed by atoms with E-state index in [1.165, 1.54) is 0 Å². The van der Waals surface area contributed by atoms with Crippen molar-refractivity contribution in [3.05, 3.63) is 0 Å². The highest BCUT2D eigenvalue weighted by Crippen LogP contribution is 2.21. The predicted molar refractivity (Wildman–Crippen MR) is 27.5 cm³/mol. The topological polar surface area (TPSA) is 17.1 Å². The first-order valence-electron chi connectivity index (χ1n) is 1.09. The van der Waals surface area contributed by atoms with Gasteiger partial charge >= 0.3 is 0 Å². The Hall–Kier alpha value is 0.540. The Morgan fingerprint density at radius 3 is 1.67 bits per heavy atom. The van der Waals surface area contributed by atoms with Gasteiger partial charge in [-0.2, -0.15) is 0 Å². The Bertz CT molecular complexity index is 58.4. The highest BCUT2D eigenvalue weighted by Gasteiger charge is 2.16. The molecule has 0 amide bonds. The van der Waals surface area contributed by atoms with Crippen molar-refractivity contribution in [1.82, 2.24) is 0 Å². The molecule has 4 heteroatoms. The van der Waals surface area contributed by atoms with E-state index in [0.717, 1.165) is 0 Å². The van der Waals surface area contributed by atoms with Gasteiger partial charge in [0.25, 0.3) is 0 Å². The van der Waals surface area contributed by atoms with Crippen molar-refractivity contribution in [2.24, 2.45) is 0 Å². The zero-order chi connectivity index (χ0) is 5.21. The Morgan fingerprint density at radius 1 is 1.50 bits per heavy atom. The number of alkyl halides is 3. The van der Waals surface area contributed by atoms with Crippen molar-refractivity contribution in [2.75, 3.05) is 0 Å². The van der Waals surface area contributed by atoms with E-state index >= 15 is 0 Å². The molecule has 0 saturated heterocycles. The van der Waals surface area contributed by atoms with Crippen LogP contribution in [0.5, 0.6) is 0 Å². The fourth-order valence-electron chi connectivity index (χ4n) is 0. The van der Waals surface area contributed by atoms with Crippen molar-refractivity contribution >= 4 is 41.1 Å². The van der Waals surface area contributed by atoms with E-state index in [1.54, 1.807) is 0 Å². The van der Waals surface area contributed by atoms with Gasteiger partial charge in [-0.15, -0.1) is 0 Å². The highest BCUT2D eigenvalue weighted by atomic mass is 35.6. The average Bonchev–Trinajstić information content (AvgIpc) is 1.35. The molecular weight excluding hydrogens is 146 g/mol. The number of hydrogen-bond acceptors (Lipinski definition) is 1. The zero-order valence-electron chi connectivity index (χ0n) is 3.62. The lowest BCUT2D eigenvalue weighted by Crippen LogP contribution is -2.00. The van der Waals surface area contributed by atoms with Gasteiger partial charge in [0, 0.05) is 0 Å². The van der Waals surface area contributed by atoms with Gasteiger partial charge in [-0.3, -0.25) is 4.79 Å². The van der Waals surface area contributed by atoms with E-state index in [9.17, 15) is 4.79 Å². The van der Waals surface area contributed by atoms with Gasteiger partial charge in [0.1, 0.15) is 0 Å². The summed E-state index contributed by atoms with van der Waals surface area (Å²) >= 11 is 14.6. The third-order valence-corrected chi connectivity index (χ3v) is 0.401. The van der Waals surface area contributed by atoms with Crippen molar-refractivity contribution in [1.29, 1.82) is 0 Å². The van der Waals surface area contributed by atoms with Crippen LogP contribution in [-0.4, -0.2) is 10.1 Å². The molecule has 0 heterocycles. The first kappa shape index (κ1) is 6.54. The SMILES string of the molecule is O=CC(Cl)(Cl)Cl.[H-]. The quantitative estimate of drug-likeness (QED) is 0.377. The summed E-state index contributed by atoms with van der Waals surface area (Å²) in [6, 6.07) is 0. The van der Waals surface area contributed by atoms with Crippen LogP contribution in [0.3, 0.4) is 0 Å². The zero-order valence-corrected chi connectivity index (χ0v) is 4.89. The van der Waals surface area contributed by atoms with Crippen LogP contribution in [0, 0.1) is 0 Å². The predicted octanol–water partition coefficient (Wildman–Crippen LogP) is 1.67. The molecule has 0 aromatic heterocycles. The second kappa shape index (κ2) is 2.01. The second-order valence-corrected chi connectivity index (χ2v) is 3.03. The fourth-order valence-corrected chi connectivity index (χ4v) is 0. The summed E-state index contributed by atoms with van der Waals surface area (Å²) in [4.78, 5) is 9.43. The van der Waals surface area contributed by atoms with Gasteiger partial charge in [0.2, 0.25) is 3.79 Å². The van der Waals surface area contributed by atoms with E-state index in [0.29, 0.717) is 0 Å².